The Morgan fingerprint density at radius 2 is 1.27 bits per heavy atom. The van der Waals surface area contributed by atoms with Gasteiger partial charge in [0.05, 0.1) is 4.90 Å². The number of hydrogen-bond donors (Lipinski definition) is 0. The van der Waals surface area contributed by atoms with Gasteiger partial charge < -0.3 is 4.55 Å². The van der Waals surface area contributed by atoms with Crippen LogP contribution in [0.15, 0.2) is 29.2 Å². The van der Waals surface area contributed by atoms with E-state index in [-0.39, 0.29) is 34.5 Å². The van der Waals surface area contributed by atoms with Gasteiger partial charge in [-0.2, -0.15) is 0 Å². The van der Waals surface area contributed by atoms with E-state index in [2.05, 4.69) is 13.8 Å². The van der Waals surface area contributed by atoms with Crippen molar-refractivity contribution >= 4 is 10.1 Å². The molecule has 0 amide bonds. The van der Waals surface area contributed by atoms with Crippen LogP contribution >= 0.6 is 0 Å². The van der Waals surface area contributed by atoms with Crippen LogP contribution < -0.4 is 29.6 Å². The zero-order valence-electron chi connectivity index (χ0n) is 17.0. The van der Waals surface area contributed by atoms with Crippen molar-refractivity contribution in [3.05, 3.63) is 29.8 Å². The molecule has 0 saturated carbocycles. The molecule has 1 atom stereocenters. The van der Waals surface area contributed by atoms with Crippen molar-refractivity contribution in [3.8, 4) is 0 Å². The maximum atomic E-state index is 11.0. The summed E-state index contributed by atoms with van der Waals surface area (Å²) in [6, 6.07) is 6.49. The number of unbranched alkanes of at least 4 members (excludes halogenated alkanes) is 9. The molecule has 0 radical (unpaired) electrons. The van der Waals surface area contributed by atoms with Crippen molar-refractivity contribution in [2.75, 3.05) is 0 Å². The van der Waals surface area contributed by atoms with E-state index in [0.29, 0.717) is 5.92 Å². The van der Waals surface area contributed by atoms with Gasteiger partial charge in [-0.25, -0.2) is 8.42 Å². The molecule has 0 aromatic heterocycles. The van der Waals surface area contributed by atoms with Gasteiger partial charge in [0.25, 0.3) is 0 Å². The van der Waals surface area contributed by atoms with E-state index in [4.69, 9.17) is 0 Å². The van der Waals surface area contributed by atoms with Crippen molar-refractivity contribution in [1.82, 2.24) is 0 Å². The predicted molar refractivity (Wildman–Crippen MR) is 104 cm³/mol. The summed E-state index contributed by atoms with van der Waals surface area (Å²) >= 11 is 0. The first-order valence-corrected chi connectivity index (χ1v) is 11.5. The van der Waals surface area contributed by atoms with Crippen molar-refractivity contribution in [2.24, 2.45) is 0 Å². The van der Waals surface area contributed by atoms with Crippen molar-refractivity contribution in [3.63, 3.8) is 0 Å². The first-order chi connectivity index (χ1) is 12.0. The number of hydrogen-bond acceptors (Lipinski definition) is 3. The quantitative estimate of drug-likeness (QED) is 0.278. The fraction of sp³-hybridized carbons (Fsp3) is 0.714. The zero-order valence-corrected chi connectivity index (χ0v) is 19.8. The second kappa shape index (κ2) is 15.1. The van der Waals surface area contributed by atoms with Crippen LogP contribution in [0.4, 0.5) is 0 Å². The second-order valence-electron chi connectivity index (χ2n) is 7.10. The third kappa shape index (κ3) is 11.1. The molecule has 0 N–H and O–H groups in total. The smallest absolute Gasteiger partial charge is 0.744 e. The molecule has 1 aromatic carbocycles. The van der Waals surface area contributed by atoms with Crippen LogP contribution in [0.1, 0.15) is 102 Å². The standard InChI is InChI=1S/C21H36O3S.Na/c1-3-5-6-7-8-9-10-11-12-13-14-19(4-2)20-15-17-21(18-16-20)25(22,23)24;/h15-19H,3-14H2,1-2H3,(H,22,23,24);/q;+1/p-1. The van der Waals surface area contributed by atoms with Gasteiger partial charge in [0.1, 0.15) is 10.1 Å². The molecule has 0 aliphatic heterocycles. The Balaban J connectivity index is 0.00000625. The van der Waals surface area contributed by atoms with Crippen LogP contribution in [0.25, 0.3) is 0 Å². The van der Waals surface area contributed by atoms with E-state index in [9.17, 15) is 13.0 Å². The van der Waals surface area contributed by atoms with E-state index in [1.54, 1.807) is 12.1 Å². The Bertz CT molecular complexity index is 555. The van der Waals surface area contributed by atoms with Gasteiger partial charge in [-0.3, -0.25) is 0 Å². The van der Waals surface area contributed by atoms with Crippen LogP contribution in [0, 0.1) is 0 Å². The average molecular weight is 391 g/mol. The molecule has 1 aromatic rings. The molecule has 3 nitrogen and oxygen atoms in total. The molecule has 1 rings (SSSR count). The molecule has 0 aliphatic carbocycles. The van der Waals surface area contributed by atoms with Crippen LogP contribution in [0.3, 0.4) is 0 Å². The normalized spacial score (nSPS) is 12.6. The minimum Gasteiger partial charge on any atom is -0.744 e. The van der Waals surface area contributed by atoms with Crippen LogP contribution in [-0.2, 0) is 10.1 Å². The van der Waals surface area contributed by atoms with Gasteiger partial charge in [-0.15, -0.1) is 0 Å². The Hall–Kier alpha value is 0.130. The summed E-state index contributed by atoms with van der Waals surface area (Å²) in [4.78, 5) is -0.134. The maximum absolute atomic E-state index is 11.0. The van der Waals surface area contributed by atoms with Crippen LogP contribution in [0.2, 0.25) is 0 Å². The van der Waals surface area contributed by atoms with E-state index in [1.807, 2.05) is 0 Å². The van der Waals surface area contributed by atoms with Gasteiger partial charge in [0, 0.05) is 0 Å². The Morgan fingerprint density at radius 1 is 0.808 bits per heavy atom. The molecule has 5 heteroatoms. The van der Waals surface area contributed by atoms with Gasteiger partial charge in [-0.1, -0.05) is 90.2 Å². The van der Waals surface area contributed by atoms with Crippen LogP contribution in [-0.4, -0.2) is 13.0 Å². The fourth-order valence-electron chi connectivity index (χ4n) is 3.39. The van der Waals surface area contributed by atoms with Crippen molar-refractivity contribution < 1.29 is 42.5 Å². The summed E-state index contributed by atoms with van der Waals surface area (Å²) in [6.45, 7) is 4.42. The number of rotatable bonds is 14. The molecule has 1 unspecified atom stereocenters. The molecule has 0 heterocycles. The molecule has 0 saturated heterocycles. The predicted octanol–water partition coefficient (Wildman–Crippen LogP) is 3.40. The molecule has 0 fully saturated rings. The molecule has 0 bridgehead atoms. The van der Waals surface area contributed by atoms with Gasteiger partial charge in [0.15, 0.2) is 0 Å². The summed E-state index contributed by atoms with van der Waals surface area (Å²) in [7, 11) is -4.34. The van der Waals surface area contributed by atoms with E-state index in [1.165, 1.54) is 76.3 Å². The van der Waals surface area contributed by atoms with Crippen LogP contribution in [0.5, 0.6) is 0 Å². The summed E-state index contributed by atoms with van der Waals surface area (Å²) in [5.74, 6) is 0.456. The molecular formula is C21H35NaO3S. The Labute approximate surface area is 183 Å². The molecule has 144 valence electrons. The molecular weight excluding hydrogens is 355 g/mol. The largest absolute Gasteiger partial charge is 1.00 e. The van der Waals surface area contributed by atoms with Gasteiger partial charge in [0.2, 0.25) is 0 Å². The van der Waals surface area contributed by atoms with Gasteiger partial charge in [-0.05, 0) is 36.5 Å². The third-order valence-corrected chi connectivity index (χ3v) is 5.89. The van der Waals surface area contributed by atoms with E-state index >= 15 is 0 Å². The Morgan fingerprint density at radius 3 is 1.69 bits per heavy atom. The van der Waals surface area contributed by atoms with E-state index in [0.717, 1.165) is 18.4 Å². The molecule has 0 spiro atoms. The third-order valence-electron chi connectivity index (χ3n) is 5.04. The zero-order chi connectivity index (χ0) is 18.5. The summed E-state index contributed by atoms with van der Waals surface area (Å²) < 4.78 is 33.0. The first kappa shape index (κ1) is 26.1. The van der Waals surface area contributed by atoms with Crippen molar-refractivity contribution in [1.29, 1.82) is 0 Å². The second-order valence-corrected chi connectivity index (χ2v) is 8.48. The summed E-state index contributed by atoms with van der Waals surface area (Å²) in [6.07, 6.45) is 15.6. The molecule has 0 aliphatic rings. The first-order valence-electron chi connectivity index (χ1n) is 10.0. The SMILES string of the molecule is CCCCCCCCCCCCC(CC)c1ccc(S(=O)(=O)[O-])cc1.[Na+]. The Kier molecular flexibility index (Phi) is 15.2. The molecule has 26 heavy (non-hydrogen) atoms. The van der Waals surface area contributed by atoms with Crippen molar-refractivity contribution in [2.45, 2.75) is 102 Å². The van der Waals surface area contributed by atoms with Gasteiger partial charge >= 0.3 is 29.6 Å². The minimum absolute atomic E-state index is 0. The average Bonchev–Trinajstić information content (AvgIpc) is 2.59. The fourth-order valence-corrected chi connectivity index (χ4v) is 3.86. The summed E-state index contributed by atoms with van der Waals surface area (Å²) in [5.41, 5.74) is 1.14. The number of benzene rings is 1. The monoisotopic (exact) mass is 390 g/mol. The minimum atomic E-state index is -4.34. The maximum Gasteiger partial charge on any atom is 1.00 e. The summed E-state index contributed by atoms with van der Waals surface area (Å²) in [5, 5.41) is 0. The topological polar surface area (TPSA) is 57.2 Å². The van der Waals surface area contributed by atoms with E-state index < -0.39 is 10.1 Å².